The van der Waals surface area contributed by atoms with Crippen LogP contribution in [0.25, 0.3) is 0 Å². The molecule has 0 aliphatic carbocycles. The number of nitro benzene ring substituents is 1. The van der Waals surface area contributed by atoms with Crippen molar-refractivity contribution in [2.24, 2.45) is 5.92 Å². The SMILES string of the molecule is CC(C)COC1CCN(C(C)C(=O)Nc2cc([N+](=O)[O-])ccc2Cl)CC1. The summed E-state index contributed by atoms with van der Waals surface area (Å²) in [5.41, 5.74) is 0.147. The minimum atomic E-state index is -0.517. The van der Waals surface area contributed by atoms with Crippen LogP contribution in [0.5, 0.6) is 0 Å². The number of benzene rings is 1. The van der Waals surface area contributed by atoms with E-state index < -0.39 is 4.92 Å². The topological polar surface area (TPSA) is 84.7 Å². The van der Waals surface area contributed by atoms with Crippen molar-refractivity contribution < 1.29 is 14.5 Å². The highest BCUT2D eigenvalue weighted by molar-refractivity contribution is 6.33. The number of hydrogen-bond acceptors (Lipinski definition) is 5. The van der Waals surface area contributed by atoms with Crippen LogP contribution in [0, 0.1) is 16.0 Å². The summed E-state index contributed by atoms with van der Waals surface area (Å²) in [6.07, 6.45) is 2.03. The Bertz CT molecular complexity index is 645. The van der Waals surface area contributed by atoms with E-state index >= 15 is 0 Å². The van der Waals surface area contributed by atoms with E-state index in [-0.39, 0.29) is 34.5 Å². The van der Waals surface area contributed by atoms with E-state index in [9.17, 15) is 14.9 Å². The Labute approximate surface area is 158 Å². The summed E-state index contributed by atoms with van der Waals surface area (Å²) in [7, 11) is 0. The number of nitro groups is 1. The van der Waals surface area contributed by atoms with E-state index in [4.69, 9.17) is 16.3 Å². The number of nitrogens with zero attached hydrogens (tertiary/aromatic N) is 2. The first-order valence-corrected chi connectivity index (χ1v) is 9.26. The summed E-state index contributed by atoms with van der Waals surface area (Å²) in [5, 5.41) is 13.9. The van der Waals surface area contributed by atoms with E-state index in [2.05, 4.69) is 24.1 Å². The van der Waals surface area contributed by atoms with Gasteiger partial charge < -0.3 is 10.1 Å². The third-order valence-electron chi connectivity index (χ3n) is 4.49. The predicted molar refractivity (Wildman–Crippen MR) is 102 cm³/mol. The van der Waals surface area contributed by atoms with Crippen LogP contribution in [0.4, 0.5) is 11.4 Å². The summed E-state index contributed by atoms with van der Waals surface area (Å²) in [6, 6.07) is 3.65. The number of carbonyl (C=O) groups excluding carboxylic acids is 1. The lowest BCUT2D eigenvalue weighted by molar-refractivity contribution is -0.384. The van der Waals surface area contributed by atoms with Crippen LogP contribution in [0.3, 0.4) is 0 Å². The zero-order chi connectivity index (χ0) is 19.3. The van der Waals surface area contributed by atoms with Gasteiger partial charge in [-0.1, -0.05) is 25.4 Å². The molecule has 0 saturated carbocycles. The number of halogens is 1. The summed E-state index contributed by atoms with van der Waals surface area (Å²) in [6.45, 7) is 8.39. The van der Waals surface area contributed by atoms with E-state index in [0.29, 0.717) is 5.92 Å². The Morgan fingerprint density at radius 2 is 2.04 bits per heavy atom. The van der Waals surface area contributed by atoms with Gasteiger partial charge in [0.2, 0.25) is 5.91 Å². The Morgan fingerprint density at radius 3 is 2.62 bits per heavy atom. The third kappa shape index (κ3) is 5.65. The van der Waals surface area contributed by atoms with Gasteiger partial charge in [-0.2, -0.15) is 0 Å². The van der Waals surface area contributed by atoms with Gasteiger partial charge in [-0.15, -0.1) is 0 Å². The largest absolute Gasteiger partial charge is 0.378 e. The first kappa shape index (κ1) is 20.6. The van der Waals surface area contributed by atoms with Gasteiger partial charge >= 0.3 is 0 Å². The van der Waals surface area contributed by atoms with Crippen molar-refractivity contribution in [3.8, 4) is 0 Å². The maximum atomic E-state index is 12.5. The second-order valence-electron chi connectivity index (χ2n) is 7.05. The van der Waals surface area contributed by atoms with Crippen molar-refractivity contribution in [3.63, 3.8) is 0 Å². The molecule has 1 unspecified atom stereocenters. The molecule has 1 fully saturated rings. The molecular formula is C18H26ClN3O4. The fourth-order valence-electron chi connectivity index (χ4n) is 2.88. The van der Waals surface area contributed by atoms with Gasteiger partial charge in [0.05, 0.1) is 27.8 Å². The molecule has 0 aromatic heterocycles. The van der Waals surface area contributed by atoms with Crippen LogP contribution in [0.15, 0.2) is 18.2 Å². The molecule has 1 aliphatic heterocycles. The van der Waals surface area contributed by atoms with Gasteiger partial charge in [0, 0.05) is 31.8 Å². The van der Waals surface area contributed by atoms with Crippen LogP contribution in [0.2, 0.25) is 5.02 Å². The molecular weight excluding hydrogens is 358 g/mol. The normalized spacial score (nSPS) is 17.3. The number of amides is 1. The van der Waals surface area contributed by atoms with E-state index in [0.717, 1.165) is 32.5 Å². The molecule has 8 heteroatoms. The molecule has 26 heavy (non-hydrogen) atoms. The number of non-ortho nitro benzene ring substituents is 1. The first-order valence-electron chi connectivity index (χ1n) is 8.88. The molecule has 2 rings (SSSR count). The van der Waals surface area contributed by atoms with E-state index in [1.165, 1.54) is 18.2 Å². The third-order valence-corrected chi connectivity index (χ3v) is 4.82. The van der Waals surface area contributed by atoms with Crippen LogP contribution >= 0.6 is 11.6 Å². The van der Waals surface area contributed by atoms with Gasteiger partial charge in [0.15, 0.2) is 0 Å². The van der Waals surface area contributed by atoms with Gasteiger partial charge in [-0.05, 0) is 31.7 Å². The maximum Gasteiger partial charge on any atom is 0.271 e. The Hall–Kier alpha value is -1.70. The summed E-state index contributed by atoms with van der Waals surface area (Å²) in [5.74, 6) is 0.284. The van der Waals surface area contributed by atoms with Crippen molar-refractivity contribution in [3.05, 3.63) is 33.3 Å². The number of likely N-dealkylation sites (tertiary alicyclic amines) is 1. The van der Waals surface area contributed by atoms with Crippen LogP contribution in [0.1, 0.15) is 33.6 Å². The molecule has 144 valence electrons. The van der Waals surface area contributed by atoms with Gasteiger partial charge in [-0.25, -0.2) is 0 Å². The van der Waals surface area contributed by atoms with Crippen molar-refractivity contribution in [1.82, 2.24) is 4.90 Å². The number of piperidine rings is 1. The molecule has 0 bridgehead atoms. The quantitative estimate of drug-likeness (QED) is 0.573. The lowest BCUT2D eigenvalue weighted by Gasteiger charge is -2.35. The van der Waals surface area contributed by atoms with Gasteiger partial charge in [-0.3, -0.25) is 19.8 Å². The second-order valence-corrected chi connectivity index (χ2v) is 7.46. The smallest absolute Gasteiger partial charge is 0.271 e. The van der Waals surface area contributed by atoms with E-state index in [1.807, 2.05) is 6.92 Å². The minimum Gasteiger partial charge on any atom is -0.378 e. The van der Waals surface area contributed by atoms with Crippen LogP contribution in [-0.4, -0.2) is 47.6 Å². The van der Waals surface area contributed by atoms with Crippen molar-refractivity contribution in [2.45, 2.75) is 45.8 Å². The average Bonchev–Trinajstić information content (AvgIpc) is 2.61. The number of hydrogen-bond donors (Lipinski definition) is 1. The zero-order valence-corrected chi connectivity index (χ0v) is 16.2. The molecule has 1 atom stereocenters. The predicted octanol–water partition coefficient (Wildman–Crippen LogP) is 3.71. The molecule has 7 nitrogen and oxygen atoms in total. The number of nitrogens with one attached hydrogen (secondary N) is 1. The Kier molecular flexibility index (Phi) is 7.37. The van der Waals surface area contributed by atoms with Crippen molar-refractivity contribution in [1.29, 1.82) is 0 Å². The molecule has 1 heterocycles. The average molecular weight is 384 g/mol. The number of ether oxygens (including phenoxy) is 1. The summed E-state index contributed by atoms with van der Waals surface area (Å²) < 4.78 is 5.87. The van der Waals surface area contributed by atoms with Crippen LogP contribution in [-0.2, 0) is 9.53 Å². The zero-order valence-electron chi connectivity index (χ0n) is 15.4. The lowest BCUT2D eigenvalue weighted by atomic mass is 10.1. The summed E-state index contributed by atoms with van der Waals surface area (Å²) >= 11 is 6.05. The van der Waals surface area contributed by atoms with Gasteiger partial charge in [0.1, 0.15) is 0 Å². The number of rotatable bonds is 7. The Morgan fingerprint density at radius 1 is 1.38 bits per heavy atom. The maximum absolute atomic E-state index is 12.5. The molecule has 1 aliphatic rings. The standard InChI is InChI=1S/C18H26ClN3O4/c1-12(2)11-26-15-6-8-21(9-7-15)13(3)18(23)20-17-10-14(22(24)25)4-5-16(17)19/h4-5,10,12-13,15H,6-9,11H2,1-3H3,(H,20,23). The molecule has 1 amide bonds. The van der Waals surface area contributed by atoms with Crippen molar-refractivity contribution in [2.75, 3.05) is 25.0 Å². The second kappa shape index (κ2) is 9.30. The molecule has 0 spiro atoms. The molecule has 1 aromatic rings. The summed E-state index contributed by atoms with van der Waals surface area (Å²) in [4.78, 5) is 25.0. The number of carbonyl (C=O) groups is 1. The highest BCUT2D eigenvalue weighted by Crippen LogP contribution is 2.27. The Balaban J connectivity index is 1.90. The molecule has 1 saturated heterocycles. The monoisotopic (exact) mass is 383 g/mol. The molecule has 1 N–H and O–H groups in total. The fourth-order valence-corrected chi connectivity index (χ4v) is 3.05. The van der Waals surface area contributed by atoms with Gasteiger partial charge in [0.25, 0.3) is 5.69 Å². The highest BCUT2D eigenvalue weighted by atomic mass is 35.5. The van der Waals surface area contributed by atoms with E-state index in [1.54, 1.807) is 0 Å². The number of anilines is 1. The molecule has 1 aromatic carbocycles. The van der Waals surface area contributed by atoms with Crippen molar-refractivity contribution >= 4 is 28.9 Å². The fraction of sp³-hybridized carbons (Fsp3) is 0.611. The lowest BCUT2D eigenvalue weighted by Crippen LogP contribution is -2.47. The molecule has 0 radical (unpaired) electrons. The highest BCUT2D eigenvalue weighted by Gasteiger charge is 2.27. The van der Waals surface area contributed by atoms with Crippen LogP contribution < -0.4 is 5.32 Å². The first-order chi connectivity index (χ1) is 12.3. The minimum absolute atomic E-state index is 0.111.